The molecule has 2 aromatic rings. The predicted octanol–water partition coefficient (Wildman–Crippen LogP) is 1.93. The highest BCUT2D eigenvalue weighted by molar-refractivity contribution is 6.31. The fourth-order valence-corrected chi connectivity index (χ4v) is 4.23. The highest BCUT2D eigenvalue weighted by Crippen LogP contribution is 2.30. The summed E-state index contributed by atoms with van der Waals surface area (Å²) in [6.45, 7) is 3.26. The number of anilines is 1. The van der Waals surface area contributed by atoms with Crippen molar-refractivity contribution in [1.29, 1.82) is 0 Å². The molecular formula is C25H25N5O7. The molecule has 2 fully saturated rings. The quantitative estimate of drug-likeness (QED) is 0.271. The van der Waals surface area contributed by atoms with E-state index in [4.69, 9.17) is 4.74 Å². The van der Waals surface area contributed by atoms with Gasteiger partial charge in [-0.2, -0.15) is 0 Å². The number of nitro benzene ring substituents is 1. The largest absolute Gasteiger partial charge is 0.497 e. The molecular weight excluding hydrogens is 482 g/mol. The summed E-state index contributed by atoms with van der Waals surface area (Å²) in [5.41, 5.74) is 0.950. The van der Waals surface area contributed by atoms with Gasteiger partial charge >= 0.3 is 6.03 Å². The first-order valence-corrected chi connectivity index (χ1v) is 11.5. The number of hydrogen-bond donors (Lipinski definition) is 1. The molecule has 2 aliphatic heterocycles. The summed E-state index contributed by atoms with van der Waals surface area (Å²) < 4.78 is 5.12. The van der Waals surface area contributed by atoms with E-state index in [0.29, 0.717) is 43.2 Å². The SMILES string of the molecule is COc1ccc(CN2C(=O)NC(=O)/C(=C/c3cc([N+](=O)[O-])ccc3N3CCN(C(C)=O)CC3)C2=O)cc1. The van der Waals surface area contributed by atoms with Gasteiger partial charge in [-0.15, -0.1) is 0 Å². The molecule has 2 heterocycles. The Balaban J connectivity index is 1.67. The fourth-order valence-electron chi connectivity index (χ4n) is 4.23. The molecule has 0 unspecified atom stereocenters. The van der Waals surface area contributed by atoms with Crippen molar-refractivity contribution in [3.63, 3.8) is 0 Å². The maximum Gasteiger partial charge on any atom is 0.331 e. The van der Waals surface area contributed by atoms with Crippen LogP contribution in [0.3, 0.4) is 0 Å². The van der Waals surface area contributed by atoms with Gasteiger partial charge in [-0.1, -0.05) is 12.1 Å². The Bertz CT molecular complexity index is 1300. The smallest absolute Gasteiger partial charge is 0.331 e. The molecule has 0 saturated carbocycles. The van der Waals surface area contributed by atoms with E-state index in [1.807, 2.05) is 4.90 Å². The Hall–Kier alpha value is -4.74. The van der Waals surface area contributed by atoms with Crippen LogP contribution in [0.25, 0.3) is 6.08 Å². The zero-order valence-corrected chi connectivity index (χ0v) is 20.3. The van der Waals surface area contributed by atoms with Crippen molar-refractivity contribution in [3.05, 3.63) is 69.3 Å². The van der Waals surface area contributed by atoms with E-state index in [9.17, 15) is 29.3 Å². The Morgan fingerprint density at radius 2 is 1.76 bits per heavy atom. The summed E-state index contributed by atoms with van der Waals surface area (Å²) in [5.74, 6) is -1.14. The average molecular weight is 508 g/mol. The number of imide groups is 2. The molecule has 2 aliphatic rings. The van der Waals surface area contributed by atoms with Crippen molar-refractivity contribution in [2.24, 2.45) is 0 Å². The van der Waals surface area contributed by atoms with Gasteiger partial charge in [0, 0.05) is 56.5 Å². The van der Waals surface area contributed by atoms with Gasteiger partial charge in [-0.05, 0) is 29.8 Å². The van der Waals surface area contributed by atoms with Gasteiger partial charge in [-0.3, -0.25) is 34.7 Å². The van der Waals surface area contributed by atoms with Gasteiger partial charge in [0.2, 0.25) is 5.91 Å². The monoisotopic (exact) mass is 507 g/mol. The molecule has 12 heteroatoms. The third-order valence-electron chi connectivity index (χ3n) is 6.27. The van der Waals surface area contributed by atoms with Crippen molar-refractivity contribution in [2.75, 3.05) is 38.2 Å². The number of nitro groups is 1. The van der Waals surface area contributed by atoms with Crippen LogP contribution < -0.4 is 15.0 Å². The van der Waals surface area contributed by atoms with E-state index in [1.54, 1.807) is 35.2 Å². The van der Waals surface area contributed by atoms with Crippen LogP contribution in [0.1, 0.15) is 18.1 Å². The molecule has 0 bridgehead atoms. The van der Waals surface area contributed by atoms with Crippen LogP contribution in [-0.4, -0.2) is 71.8 Å². The lowest BCUT2D eigenvalue weighted by molar-refractivity contribution is -0.384. The molecule has 37 heavy (non-hydrogen) atoms. The van der Waals surface area contributed by atoms with E-state index in [2.05, 4.69) is 5.32 Å². The minimum Gasteiger partial charge on any atom is -0.497 e. The lowest BCUT2D eigenvalue weighted by atomic mass is 10.0. The lowest BCUT2D eigenvalue weighted by Gasteiger charge is -2.36. The number of nitrogens with zero attached hydrogens (tertiary/aromatic N) is 4. The number of non-ortho nitro benzene ring substituents is 1. The van der Waals surface area contributed by atoms with Crippen molar-refractivity contribution >= 4 is 41.2 Å². The van der Waals surface area contributed by atoms with Gasteiger partial charge in [-0.25, -0.2) is 4.79 Å². The zero-order valence-electron chi connectivity index (χ0n) is 20.3. The number of urea groups is 1. The molecule has 0 radical (unpaired) electrons. The predicted molar refractivity (Wildman–Crippen MR) is 133 cm³/mol. The Morgan fingerprint density at radius 1 is 1.08 bits per heavy atom. The molecule has 0 aromatic heterocycles. The number of ether oxygens (including phenoxy) is 1. The van der Waals surface area contributed by atoms with Gasteiger partial charge in [0.15, 0.2) is 0 Å². The normalized spacial score (nSPS) is 17.2. The summed E-state index contributed by atoms with van der Waals surface area (Å²) in [4.78, 5) is 65.5. The average Bonchev–Trinajstić information content (AvgIpc) is 2.89. The molecule has 0 spiro atoms. The number of carbonyl (C=O) groups is 4. The van der Waals surface area contributed by atoms with Gasteiger partial charge in [0.25, 0.3) is 17.5 Å². The number of hydrogen-bond acceptors (Lipinski definition) is 8. The minimum absolute atomic E-state index is 0.0446. The van der Waals surface area contributed by atoms with Crippen molar-refractivity contribution in [1.82, 2.24) is 15.1 Å². The first-order chi connectivity index (χ1) is 17.7. The maximum atomic E-state index is 13.3. The summed E-state index contributed by atoms with van der Waals surface area (Å²) in [6, 6.07) is 10.1. The summed E-state index contributed by atoms with van der Waals surface area (Å²) in [7, 11) is 1.52. The van der Waals surface area contributed by atoms with Crippen molar-refractivity contribution in [2.45, 2.75) is 13.5 Å². The Kier molecular flexibility index (Phi) is 7.18. The number of carbonyl (C=O) groups excluding carboxylic acids is 4. The van der Waals surface area contributed by atoms with Crippen LogP contribution >= 0.6 is 0 Å². The molecule has 2 saturated heterocycles. The van der Waals surface area contributed by atoms with Crippen LogP contribution in [0.5, 0.6) is 5.75 Å². The Morgan fingerprint density at radius 3 is 2.35 bits per heavy atom. The van der Waals surface area contributed by atoms with Gasteiger partial charge < -0.3 is 14.5 Å². The molecule has 1 N–H and O–H groups in total. The molecule has 12 nitrogen and oxygen atoms in total. The Labute approximate surface area is 212 Å². The van der Waals surface area contributed by atoms with Crippen LogP contribution in [0.4, 0.5) is 16.2 Å². The number of piperazine rings is 1. The number of benzene rings is 2. The summed E-state index contributed by atoms with van der Waals surface area (Å²) >= 11 is 0. The molecule has 0 atom stereocenters. The van der Waals surface area contributed by atoms with Crippen LogP contribution in [0.15, 0.2) is 48.0 Å². The van der Waals surface area contributed by atoms with E-state index in [-0.39, 0.29) is 29.3 Å². The molecule has 4 rings (SSSR count). The number of rotatable bonds is 6. The third kappa shape index (κ3) is 5.42. The summed E-state index contributed by atoms with van der Waals surface area (Å²) in [6.07, 6.45) is 1.27. The maximum absolute atomic E-state index is 13.3. The highest BCUT2D eigenvalue weighted by Gasteiger charge is 2.36. The summed E-state index contributed by atoms with van der Waals surface area (Å²) in [5, 5.41) is 13.6. The first-order valence-electron chi connectivity index (χ1n) is 11.5. The van der Waals surface area contributed by atoms with Crippen LogP contribution in [-0.2, 0) is 20.9 Å². The van der Waals surface area contributed by atoms with Crippen LogP contribution in [0, 0.1) is 10.1 Å². The molecule has 0 aliphatic carbocycles. The second kappa shape index (κ2) is 10.5. The molecule has 192 valence electrons. The van der Waals surface area contributed by atoms with E-state index in [1.165, 1.54) is 32.2 Å². The van der Waals surface area contributed by atoms with Crippen LogP contribution in [0.2, 0.25) is 0 Å². The van der Waals surface area contributed by atoms with E-state index < -0.39 is 22.8 Å². The number of amides is 5. The van der Waals surface area contributed by atoms with E-state index in [0.717, 1.165) is 4.90 Å². The molecule has 2 aromatic carbocycles. The van der Waals surface area contributed by atoms with Gasteiger partial charge in [0.05, 0.1) is 18.6 Å². The number of nitrogens with one attached hydrogen (secondary N) is 1. The standard InChI is InChI=1S/C25H25N5O7/c1-16(31)27-9-11-28(12-10-27)22-8-5-19(30(35)36)13-18(22)14-21-23(32)26-25(34)29(24(21)33)15-17-3-6-20(37-2)7-4-17/h3-8,13-14H,9-12,15H2,1-2H3,(H,26,32,34)/b21-14-. The van der Waals surface area contributed by atoms with Gasteiger partial charge in [0.1, 0.15) is 11.3 Å². The number of methoxy groups -OCH3 is 1. The topological polar surface area (TPSA) is 142 Å². The highest BCUT2D eigenvalue weighted by atomic mass is 16.6. The second-order valence-corrected chi connectivity index (χ2v) is 8.55. The molecule has 5 amide bonds. The fraction of sp³-hybridized carbons (Fsp3) is 0.280. The number of barbiturate groups is 1. The lowest BCUT2D eigenvalue weighted by Crippen LogP contribution is -2.53. The minimum atomic E-state index is -0.889. The van der Waals surface area contributed by atoms with E-state index >= 15 is 0 Å². The third-order valence-corrected chi connectivity index (χ3v) is 6.27. The zero-order chi connectivity index (χ0) is 26.7. The van der Waals surface area contributed by atoms with Crippen molar-refractivity contribution in [3.8, 4) is 5.75 Å². The first kappa shape index (κ1) is 25.4. The second-order valence-electron chi connectivity index (χ2n) is 8.55. The van der Waals surface area contributed by atoms with Crippen molar-refractivity contribution < 1.29 is 28.8 Å².